The molecule has 1 fully saturated rings. The second-order valence-corrected chi connectivity index (χ2v) is 9.25. The number of rotatable bonds is 2. The van der Waals surface area contributed by atoms with E-state index in [1.165, 1.54) is 0 Å². The van der Waals surface area contributed by atoms with Crippen molar-refractivity contribution in [2.45, 2.75) is 56.4 Å². The second-order valence-electron chi connectivity index (χ2n) is 7.17. The third-order valence-corrected chi connectivity index (χ3v) is 7.38. The van der Waals surface area contributed by atoms with Crippen molar-refractivity contribution >= 4 is 15.7 Å². The fourth-order valence-electron chi connectivity index (χ4n) is 3.84. The molecule has 2 aliphatic rings. The van der Waals surface area contributed by atoms with Gasteiger partial charge in [0.05, 0.1) is 16.6 Å². The van der Waals surface area contributed by atoms with Crippen LogP contribution in [0.5, 0.6) is 0 Å². The Morgan fingerprint density at radius 3 is 2.57 bits per heavy atom. The SMILES string of the molecule is CC1CCC(NC(=O)C2CCS(=O)(=O)c3ccccc32)CC1C. The Kier molecular flexibility index (Phi) is 4.50. The number of amides is 1. The zero-order valence-electron chi connectivity index (χ0n) is 13.8. The van der Waals surface area contributed by atoms with E-state index in [0.717, 1.165) is 19.3 Å². The summed E-state index contributed by atoms with van der Waals surface area (Å²) in [4.78, 5) is 13.1. The van der Waals surface area contributed by atoms with E-state index in [0.29, 0.717) is 28.7 Å². The lowest BCUT2D eigenvalue weighted by Crippen LogP contribution is -2.43. The summed E-state index contributed by atoms with van der Waals surface area (Å²) < 4.78 is 24.4. The molecular formula is C18H25NO3S. The molecule has 1 aromatic carbocycles. The zero-order valence-corrected chi connectivity index (χ0v) is 14.6. The molecular weight excluding hydrogens is 310 g/mol. The van der Waals surface area contributed by atoms with Crippen molar-refractivity contribution in [2.75, 3.05) is 5.75 Å². The quantitative estimate of drug-likeness (QED) is 0.904. The highest BCUT2D eigenvalue weighted by atomic mass is 32.2. The first kappa shape index (κ1) is 16.5. The number of benzene rings is 1. The Bertz CT molecular complexity index is 698. The standard InChI is InChI=1S/C18H25NO3S/c1-12-7-8-14(11-13(12)2)19-18(20)16-9-10-23(21,22)17-6-4-3-5-15(16)17/h3-6,12-14,16H,7-11H2,1-2H3,(H,19,20). The van der Waals surface area contributed by atoms with Gasteiger partial charge >= 0.3 is 0 Å². The number of carbonyl (C=O) groups is 1. The fraction of sp³-hybridized carbons (Fsp3) is 0.611. The molecule has 126 valence electrons. The van der Waals surface area contributed by atoms with Gasteiger partial charge in [-0.3, -0.25) is 4.79 Å². The molecule has 4 unspecified atom stereocenters. The number of sulfone groups is 1. The van der Waals surface area contributed by atoms with Crippen LogP contribution in [0.15, 0.2) is 29.2 Å². The van der Waals surface area contributed by atoms with Gasteiger partial charge in [-0.05, 0) is 49.1 Å². The summed E-state index contributed by atoms with van der Waals surface area (Å²) >= 11 is 0. The minimum absolute atomic E-state index is 0.0147. The van der Waals surface area contributed by atoms with Crippen LogP contribution in [-0.2, 0) is 14.6 Å². The van der Waals surface area contributed by atoms with E-state index in [1.54, 1.807) is 18.2 Å². The molecule has 5 heteroatoms. The molecule has 23 heavy (non-hydrogen) atoms. The van der Waals surface area contributed by atoms with E-state index >= 15 is 0 Å². The topological polar surface area (TPSA) is 63.2 Å². The van der Waals surface area contributed by atoms with E-state index in [-0.39, 0.29) is 23.6 Å². The molecule has 1 N–H and O–H groups in total. The zero-order chi connectivity index (χ0) is 16.6. The number of carbonyl (C=O) groups excluding carboxylic acids is 1. The highest BCUT2D eigenvalue weighted by Crippen LogP contribution is 2.35. The first-order valence-electron chi connectivity index (χ1n) is 8.50. The molecule has 4 atom stereocenters. The summed E-state index contributed by atoms with van der Waals surface area (Å²) in [6.07, 6.45) is 3.55. The predicted molar refractivity (Wildman–Crippen MR) is 90.0 cm³/mol. The number of nitrogens with one attached hydrogen (secondary N) is 1. The van der Waals surface area contributed by atoms with Gasteiger partial charge in [0.2, 0.25) is 5.91 Å². The molecule has 1 aliphatic carbocycles. The number of hydrogen-bond donors (Lipinski definition) is 1. The molecule has 1 heterocycles. The summed E-state index contributed by atoms with van der Waals surface area (Å²) in [6.45, 7) is 4.51. The first-order valence-corrected chi connectivity index (χ1v) is 10.2. The molecule has 1 aliphatic heterocycles. The fourth-order valence-corrected chi connectivity index (χ4v) is 5.46. The maximum Gasteiger partial charge on any atom is 0.227 e. The van der Waals surface area contributed by atoms with Gasteiger partial charge in [0.1, 0.15) is 0 Å². The van der Waals surface area contributed by atoms with E-state index in [1.807, 2.05) is 6.07 Å². The molecule has 3 rings (SSSR count). The minimum Gasteiger partial charge on any atom is -0.353 e. The first-order chi connectivity index (χ1) is 10.9. The van der Waals surface area contributed by atoms with E-state index in [2.05, 4.69) is 19.2 Å². The van der Waals surface area contributed by atoms with Crippen molar-refractivity contribution in [3.05, 3.63) is 29.8 Å². The highest BCUT2D eigenvalue weighted by Gasteiger charge is 2.35. The van der Waals surface area contributed by atoms with E-state index < -0.39 is 9.84 Å². The minimum atomic E-state index is -3.24. The largest absolute Gasteiger partial charge is 0.353 e. The van der Waals surface area contributed by atoms with Crippen LogP contribution in [0, 0.1) is 11.8 Å². The molecule has 0 spiro atoms. The molecule has 0 radical (unpaired) electrons. The van der Waals surface area contributed by atoms with Crippen LogP contribution in [-0.4, -0.2) is 26.1 Å². The van der Waals surface area contributed by atoms with Gasteiger partial charge in [-0.15, -0.1) is 0 Å². The third kappa shape index (κ3) is 3.30. The van der Waals surface area contributed by atoms with Crippen molar-refractivity contribution in [3.63, 3.8) is 0 Å². The van der Waals surface area contributed by atoms with Gasteiger partial charge in [-0.2, -0.15) is 0 Å². The third-order valence-electron chi connectivity index (χ3n) is 5.57. The van der Waals surface area contributed by atoms with Gasteiger partial charge in [-0.25, -0.2) is 8.42 Å². The summed E-state index contributed by atoms with van der Waals surface area (Å²) in [5.41, 5.74) is 0.661. The van der Waals surface area contributed by atoms with Crippen molar-refractivity contribution in [3.8, 4) is 0 Å². The molecule has 4 nitrogen and oxygen atoms in total. The summed E-state index contributed by atoms with van der Waals surface area (Å²) in [6, 6.07) is 7.15. The van der Waals surface area contributed by atoms with Crippen LogP contribution in [0.2, 0.25) is 0 Å². The molecule has 1 amide bonds. The van der Waals surface area contributed by atoms with Crippen molar-refractivity contribution in [1.29, 1.82) is 0 Å². The molecule has 1 saturated carbocycles. The smallest absolute Gasteiger partial charge is 0.227 e. The van der Waals surface area contributed by atoms with Crippen LogP contribution in [0.3, 0.4) is 0 Å². The van der Waals surface area contributed by atoms with Gasteiger partial charge in [0.15, 0.2) is 9.84 Å². The predicted octanol–water partition coefficient (Wildman–Crippen LogP) is 2.89. The average Bonchev–Trinajstić information content (AvgIpc) is 2.51. The van der Waals surface area contributed by atoms with Gasteiger partial charge in [-0.1, -0.05) is 32.0 Å². The van der Waals surface area contributed by atoms with Crippen LogP contribution in [0.4, 0.5) is 0 Å². The molecule has 0 aromatic heterocycles. The maximum atomic E-state index is 12.7. The lowest BCUT2D eigenvalue weighted by molar-refractivity contribution is -0.123. The Morgan fingerprint density at radius 1 is 1.09 bits per heavy atom. The number of hydrogen-bond acceptors (Lipinski definition) is 3. The van der Waals surface area contributed by atoms with Crippen LogP contribution >= 0.6 is 0 Å². The maximum absolute atomic E-state index is 12.7. The second kappa shape index (κ2) is 6.27. The Labute approximate surface area is 138 Å². The van der Waals surface area contributed by atoms with Crippen molar-refractivity contribution < 1.29 is 13.2 Å². The van der Waals surface area contributed by atoms with Crippen molar-refractivity contribution in [2.24, 2.45) is 11.8 Å². The highest BCUT2D eigenvalue weighted by molar-refractivity contribution is 7.91. The molecule has 0 bridgehead atoms. The Morgan fingerprint density at radius 2 is 1.83 bits per heavy atom. The molecule has 0 saturated heterocycles. The normalized spacial score (nSPS) is 32.8. The summed E-state index contributed by atoms with van der Waals surface area (Å²) in [7, 11) is -3.24. The molecule has 1 aromatic rings. The summed E-state index contributed by atoms with van der Waals surface area (Å²) in [5.74, 6) is 1.03. The lowest BCUT2D eigenvalue weighted by atomic mass is 9.79. The van der Waals surface area contributed by atoms with Crippen LogP contribution < -0.4 is 5.32 Å². The van der Waals surface area contributed by atoms with E-state index in [9.17, 15) is 13.2 Å². The van der Waals surface area contributed by atoms with Crippen molar-refractivity contribution in [1.82, 2.24) is 5.32 Å². The van der Waals surface area contributed by atoms with E-state index in [4.69, 9.17) is 0 Å². The Hall–Kier alpha value is -1.36. The Balaban J connectivity index is 1.76. The lowest BCUT2D eigenvalue weighted by Gasteiger charge is -2.34. The summed E-state index contributed by atoms with van der Waals surface area (Å²) in [5, 5.41) is 3.17. The van der Waals surface area contributed by atoms with Gasteiger partial charge in [0, 0.05) is 6.04 Å². The van der Waals surface area contributed by atoms with Gasteiger partial charge in [0.25, 0.3) is 0 Å². The van der Waals surface area contributed by atoms with Crippen LogP contribution in [0.1, 0.15) is 51.0 Å². The van der Waals surface area contributed by atoms with Crippen LogP contribution in [0.25, 0.3) is 0 Å². The monoisotopic (exact) mass is 335 g/mol. The number of fused-ring (bicyclic) bond motifs is 1. The average molecular weight is 335 g/mol. The van der Waals surface area contributed by atoms with Gasteiger partial charge < -0.3 is 5.32 Å².